The zero-order valence-electron chi connectivity index (χ0n) is 14.0. The molecule has 0 atom stereocenters. The molecule has 1 aliphatic heterocycles. The molecule has 0 saturated carbocycles. The van der Waals surface area contributed by atoms with Crippen LogP contribution in [0.2, 0.25) is 0 Å². The van der Waals surface area contributed by atoms with Crippen LogP contribution in [-0.4, -0.2) is 38.1 Å². The van der Waals surface area contributed by atoms with E-state index in [0.29, 0.717) is 23.5 Å². The number of ketones is 1. The van der Waals surface area contributed by atoms with Gasteiger partial charge in [-0.1, -0.05) is 36.8 Å². The van der Waals surface area contributed by atoms with Crippen LogP contribution in [-0.2, 0) is 10.0 Å². The lowest BCUT2D eigenvalue weighted by Gasteiger charge is -2.25. The third kappa shape index (κ3) is 4.27. The van der Waals surface area contributed by atoms with Gasteiger partial charge in [0.05, 0.1) is 11.4 Å². The van der Waals surface area contributed by atoms with E-state index in [4.69, 9.17) is 0 Å². The first-order valence-electron chi connectivity index (χ1n) is 8.50. The Morgan fingerprint density at radius 2 is 1.56 bits per heavy atom. The second kappa shape index (κ2) is 7.80. The van der Waals surface area contributed by atoms with Crippen molar-refractivity contribution in [1.82, 2.24) is 4.31 Å². The summed E-state index contributed by atoms with van der Waals surface area (Å²) < 4.78 is 26.8. The molecule has 2 aromatic carbocycles. The molecule has 1 aliphatic rings. The summed E-state index contributed by atoms with van der Waals surface area (Å²) in [6.07, 6.45) is 2.92. The number of nitrogens with zero attached hydrogens (tertiary/aromatic N) is 1. The van der Waals surface area contributed by atoms with E-state index < -0.39 is 10.0 Å². The van der Waals surface area contributed by atoms with Crippen LogP contribution >= 0.6 is 0 Å². The highest BCUT2D eigenvalue weighted by atomic mass is 32.2. The van der Waals surface area contributed by atoms with Crippen molar-refractivity contribution in [3.63, 3.8) is 0 Å². The number of anilines is 1. The van der Waals surface area contributed by atoms with Crippen LogP contribution in [0.25, 0.3) is 0 Å². The molecule has 0 aromatic heterocycles. The highest BCUT2D eigenvalue weighted by molar-refractivity contribution is 7.89. The van der Waals surface area contributed by atoms with Crippen molar-refractivity contribution in [2.24, 2.45) is 0 Å². The number of Topliss-reactive ketones (excluding diaryl/α,β-unsaturated/α-hetero) is 1. The molecule has 6 heteroatoms. The molecule has 0 amide bonds. The quantitative estimate of drug-likeness (QED) is 0.806. The molecule has 0 unspecified atom stereocenters. The van der Waals surface area contributed by atoms with E-state index >= 15 is 0 Å². The lowest BCUT2D eigenvalue weighted by molar-refractivity contribution is 0.101. The molecule has 1 N–H and O–H groups in total. The largest absolute Gasteiger partial charge is 0.378 e. The van der Waals surface area contributed by atoms with Crippen LogP contribution in [0.4, 0.5) is 5.69 Å². The Bertz CT molecular complexity index is 812. The van der Waals surface area contributed by atoms with E-state index in [2.05, 4.69) is 5.32 Å². The Labute approximate surface area is 148 Å². The first kappa shape index (κ1) is 17.6. The van der Waals surface area contributed by atoms with E-state index in [-0.39, 0.29) is 12.3 Å². The fourth-order valence-corrected chi connectivity index (χ4v) is 4.42. The average Bonchev–Trinajstić information content (AvgIpc) is 2.68. The number of hydrogen-bond donors (Lipinski definition) is 1. The number of carbonyl (C=O) groups is 1. The summed E-state index contributed by atoms with van der Waals surface area (Å²) in [5.41, 5.74) is 1.38. The van der Waals surface area contributed by atoms with Gasteiger partial charge < -0.3 is 5.32 Å². The predicted molar refractivity (Wildman–Crippen MR) is 98.3 cm³/mol. The highest BCUT2D eigenvalue weighted by Crippen LogP contribution is 2.22. The SMILES string of the molecule is O=C(CNc1ccc(S(=O)(=O)N2CCCCC2)cc1)c1ccccc1. The number of rotatable bonds is 6. The smallest absolute Gasteiger partial charge is 0.243 e. The summed E-state index contributed by atoms with van der Waals surface area (Å²) in [5, 5.41) is 3.04. The molecule has 0 bridgehead atoms. The first-order chi connectivity index (χ1) is 12.1. The summed E-state index contributed by atoms with van der Waals surface area (Å²) in [4.78, 5) is 12.4. The van der Waals surface area contributed by atoms with Crippen LogP contribution in [0.5, 0.6) is 0 Å². The molecule has 3 rings (SSSR count). The molecule has 132 valence electrons. The highest BCUT2D eigenvalue weighted by Gasteiger charge is 2.25. The average molecular weight is 358 g/mol. The van der Waals surface area contributed by atoms with Gasteiger partial charge in [0.15, 0.2) is 5.78 Å². The van der Waals surface area contributed by atoms with E-state index in [0.717, 1.165) is 24.9 Å². The lowest BCUT2D eigenvalue weighted by atomic mass is 10.1. The van der Waals surface area contributed by atoms with Gasteiger partial charge in [0.2, 0.25) is 10.0 Å². The van der Waals surface area contributed by atoms with Gasteiger partial charge in [-0.15, -0.1) is 0 Å². The van der Waals surface area contributed by atoms with Gasteiger partial charge in [-0.25, -0.2) is 8.42 Å². The van der Waals surface area contributed by atoms with Crippen molar-refractivity contribution in [2.75, 3.05) is 25.0 Å². The molecular weight excluding hydrogens is 336 g/mol. The van der Waals surface area contributed by atoms with Gasteiger partial charge in [-0.3, -0.25) is 4.79 Å². The summed E-state index contributed by atoms with van der Waals surface area (Å²) in [6, 6.07) is 15.7. The molecule has 1 heterocycles. The van der Waals surface area contributed by atoms with Crippen LogP contribution in [0, 0.1) is 0 Å². The van der Waals surface area contributed by atoms with Crippen LogP contribution < -0.4 is 5.32 Å². The molecule has 5 nitrogen and oxygen atoms in total. The fourth-order valence-electron chi connectivity index (χ4n) is 2.91. The Morgan fingerprint density at radius 3 is 2.20 bits per heavy atom. The molecule has 25 heavy (non-hydrogen) atoms. The Morgan fingerprint density at radius 1 is 0.920 bits per heavy atom. The molecule has 1 fully saturated rings. The van der Waals surface area contributed by atoms with Crippen molar-refractivity contribution in [3.05, 3.63) is 60.2 Å². The minimum Gasteiger partial charge on any atom is -0.378 e. The molecule has 2 aromatic rings. The normalized spacial score (nSPS) is 15.7. The Kier molecular flexibility index (Phi) is 5.50. The van der Waals surface area contributed by atoms with Gasteiger partial charge in [-0.2, -0.15) is 4.31 Å². The summed E-state index contributed by atoms with van der Waals surface area (Å²) in [6.45, 7) is 1.35. The standard InChI is InChI=1S/C19H22N2O3S/c22-19(16-7-3-1-4-8-16)15-20-17-9-11-18(12-10-17)25(23,24)21-13-5-2-6-14-21/h1,3-4,7-12,20H,2,5-6,13-15H2. The Hall–Kier alpha value is -2.18. The zero-order chi connectivity index (χ0) is 17.7. The van der Waals surface area contributed by atoms with Crippen LogP contribution in [0.1, 0.15) is 29.6 Å². The van der Waals surface area contributed by atoms with Crippen molar-refractivity contribution in [1.29, 1.82) is 0 Å². The van der Waals surface area contributed by atoms with Crippen LogP contribution in [0.3, 0.4) is 0 Å². The van der Waals surface area contributed by atoms with E-state index in [1.807, 2.05) is 18.2 Å². The predicted octanol–water partition coefficient (Wildman–Crippen LogP) is 3.16. The van der Waals surface area contributed by atoms with Crippen molar-refractivity contribution in [3.8, 4) is 0 Å². The maximum atomic E-state index is 12.6. The second-order valence-electron chi connectivity index (χ2n) is 6.13. The minimum atomic E-state index is -3.41. The number of benzene rings is 2. The number of sulfonamides is 1. The molecule has 0 radical (unpaired) electrons. The van der Waals surface area contributed by atoms with E-state index in [9.17, 15) is 13.2 Å². The first-order valence-corrected chi connectivity index (χ1v) is 9.94. The summed E-state index contributed by atoms with van der Waals surface area (Å²) in [5.74, 6) is -0.00869. The van der Waals surface area contributed by atoms with E-state index in [1.54, 1.807) is 40.7 Å². The molecular formula is C19H22N2O3S. The fraction of sp³-hybridized carbons (Fsp3) is 0.316. The number of piperidine rings is 1. The number of carbonyl (C=O) groups excluding carboxylic acids is 1. The van der Waals surface area contributed by atoms with E-state index in [1.165, 1.54) is 0 Å². The van der Waals surface area contributed by atoms with Crippen LogP contribution in [0.15, 0.2) is 59.5 Å². The minimum absolute atomic E-state index is 0.00869. The summed E-state index contributed by atoms with van der Waals surface area (Å²) in [7, 11) is -3.41. The second-order valence-corrected chi connectivity index (χ2v) is 8.07. The van der Waals surface area contributed by atoms with Crippen molar-refractivity contribution >= 4 is 21.5 Å². The topological polar surface area (TPSA) is 66.5 Å². The number of nitrogens with one attached hydrogen (secondary N) is 1. The molecule has 0 aliphatic carbocycles. The summed E-state index contributed by atoms with van der Waals surface area (Å²) >= 11 is 0. The zero-order valence-corrected chi connectivity index (χ0v) is 14.8. The monoisotopic (exact) mass is 358 g/mol. The van der Waals surface area contributed by atoms with Gasteiger partial charge in [-0.05, 0) is 37.1 Å². The molecule has 1 saturated heterocycles. The number of hydrogen-bond acceptors (Lipinski definition) is 4. The van der Waals surface area contributed by atoms with Crippen molar-refractivity contribution in [2.45, 2.75) is 24.2 Å². The lowest BCUT2D eigenvalue weighted by Crippen LogP contribution is -2.35. The van der Waals surface area contributed by atoms with Gasteiger partial charge in [0.1, 0.15) is 0 Å². The third-order valence-corrected chi connectivity index (χ3v) is 6.27. The van der Waals surface area contributed by atoms with Crippen molar-refractivity contribution < 1.29 is 13.2 Å². The maximum absolute atomic E-state index is 12.6. The van der Waals surface area contributed by atoms with Gasteiger partial charge >= 0.3 is 0 Å². The van der Waals surface area contributed by atoms with Gasteiger partial charge in [0, 0.05) is 24.3 Å². The molecule has 0 spiro atoms. The third-order valence-electron chi connectivity index (χ3n) is 4.36. The maximum Gasteiger partial charge on any atom is 0.243 e. The Balaban J connectivity index is 1.63. The van der Waals surface area contributed by atoms with Gasteiger partial charge in [0.25, 0.3) is 0 Å².